The second kappa shape index (κ2) is 7.92. The van der Waals surface area contributed by atoms with Crippen LogP contribution in [-0.2, 0) is 16.0 Å². The van der Waals surface area contributed by atoms with Crippen molar-refractivity contribution in [3.63, 3.8) is 0 Å². The number of amides is 2. The fourth-order valence-electron chi connectivity index (χ4n) is 2.07. The molecular formula is C17H25FN2O2. The Morgan fingerprint density at radius 1 is 1.18 bits per heavy atom. The molecule has 0 saturated carbocycles. The van der Waals surface area contributed by atoms with E-state index in [1.54, 1.807) is 12.1 Å². The third-order valence-electron chi connectivity index (χ3n) is 3.12. The van der Waals surface area contributed by atoms with Gasteiger partial charge in [-0.3, -0.25) is 9.59 Å². The predicted molar refractivity (Wildman–Crippen MR) is 84.9 cm³/mol. The summed E-state index contributed by atoms with van der Waals surface area (Å²) in [4.78, 5) is 25.6. The molecule has 0 aliphatic heterocycles. The Labute approximate surface area is 131 Å². The van der Waals surface area contributed by atoms with E-state index in [0.717, 1.165) is 5.56 Å². The first-order valence-electron chi connectivity index (χ1n) is 7.54. The maximum Gasteiger partial charge on any atom is 0.240 e. The number of carbonyl (C=O) groups is 2. The van der Waals surface area contributed by atoms with Crippen LogP contribution in [0.25, 0.3) is 0 Å². The molecule has 0 unspecified atom stereocenters. The predicted octanol–water partition coefficient (Wildman–Crippen LogP) is 2.52. The molecule has 4 nitrogen and oxygen atoms in total. The molecular weight excluding hydrogens is 283 g/mol. The quantitative estimate of drug-likeness (QED) is 0.878. The Morgan fingerprint density at radius 2 is 1.77 bits per heavy atom. The molecule has 1 aromatic carbocycles. The van der Waals surface area contributed by atoms with Gasteiger partial charge in [-0.2, -0.15) is 0 Å². The standard InChI is InChI=1S/C17H25FN2O2/c1-5-20(12-15(21)19-17(2,3)4)16(22)11-8-13-6-9-14(18)10-7-13/h6-7,9-10H,5,8,11-12H2,1-4H3,(H,19,21). The zero-order chi connectivity index (χ0) is 16.8. The number of rotatable bonds is 6. The van der Waals surface area contributed by atoms with E-state index in [1.165, 1.54) is 17.0 Å². The highest BCUT2D eigenvalue weighted by Crippen LogP contribution is 2.07. The largest absolute Gasteiger partial charge is 0.350 e. The van der Waals surface area contributed by atoms with Crippen LogP contribution >= 0.6 is 0 Å². The van der Waals surface area contributed by atoms with Crippen molar-refractivity contribution in [2.24, 2.45) is 0 Å². The Kier molecular flexibility index (Phi) is 6.53. The summed E-state index contributed by atoms with van der Waals surface area (Å²) < 4.78 is 12.8. The third kappa shape index (κ3) is 6.70. The van der Waals surface area contributed by atoms with E-state index in [-0.39, 0.29) is 29.7 Å². The van der Waals surface area contributed by atoms with Crippen LogP contribution in [0.4, 0.5) is 4.39 Å². The summed E-state index contributed by atoms with van der Waals surface area (Å²) in [5.74, 6) is -0.524. The summed E-state index contributed by atoms with van der Waals surface area (Å²) in [7, 11) is 0. The lowest BCUT2D eigenvalue weighted by molar-refractivity contribution is -0.136. The minimum atomic E-state index is -0.312. The van der Waals surface area contributed by atoms with Gasteiger partial charge in [0.05, 0.1) is 6.54 Å². The van der Waals surface area contributed by atoms with Crippen molar-refractivity contribution < 1.29 is 14.0 Å². The van der Waals surface area contributed by atoms with Crippen molar-refractivity contribution in [2.45, 2.75) is 46.1 Å². The zero-order valence-electron chi connectivity index (χ0n) is 13.8. The second-order valence-corrected chi connectivity index (χ2v) is 6.33. The highest BCUT2D eigenvalue weighted by molar-refractivity contribution is 5.85. The van der Waals surface area contributed by atoms with E-state index in [0.29, 0.717) is 19.4 Å². The summed E-state index contributed by atoms with van der Waals surface area (Å²) in [6.07, 6.45) is 0.846. The average molecular weight is 308 g/mol. The van der Waals surface area contributed by atoms with Gasteiger partial charge in [-0.1, -0.05) is 12.1 Å². The summed E-state index contributed by atoms with van der Waals surface area (Å²) >= 11 is 0. The molecule has 0 fully saturated rings. The summed E-state index contributed by atoms with van der Waals surface area (Å²) in [5.41, 5.74) is 0.596. The number of likely N-dealkylation sites (N-methyl/N-ethyl adjacent to an activating group) is 1. The fraction of sp³-hybridized carbons (Fsp3) is 0.529. The monoisotopic (exact) mass is 308 g/mol. The van der Waals surface area contributed by atoms with E-state index < -0.39 is 0 Å². The van der Waals surface area contributed by atoms with Crippen LogP contribution in [0.1, 0.15) is 39.7 Å². The zero-order valence-corrected chi connectivity index (χ0v) is 13.8. The molecule has 5 heteroatoms. The van der Waals surface area contributed by atoms with Gasteiger partial charge in [0.15, 0.2) is 0 Å². The Balaban J connectivity index is 2.50. The second-order valence-electron chi connectivity index (χ2n) is 6.33. The number of hydrogen-bond donors (Lipinski definition) is 1. The van der Waals surface area contributed by atoms with Crippen molar-refractivity contribution in [1.82, 2.24) is 10.2 Å². The fourth-order valence-corrected chi connectivity index (χ4v) is 2.07. The van der Waals surface area contributed by atoms with E-state index in [4.69, 9.17) is 0 Å². The number of benzene rings is 1. The first-order chi connectivity index (χ1) is 10.2. The van der Waals surface area contributed by atoms with Crippen LogP contribution in [0.5, 0.6) is 0 Å². The molecule has 22 heavy (non-hydrogen) atoms. The Hall–Kier alpha value is -1.91. The summed E-state index contributed by atoms with van der Waals surface area (Å²) in [6.45, 7) is 8.10. The van der Waals surface area contributed by atoms with Gasteiger partial charge in [0.2, 0.25) is 11.8 Å². The van der Waals surface area contributed by atoms with Crippen molar-refractivity contribution in [3.05, 3.63) is 35.6 Å². The van der Waals surface area contributed by atoms with Crippen LogP contribution in [-0.4, -0.2) is 35.3 Å². The molecule has 1 N–H and O–H groups in total. The topological polar surface area (TPSA) is 49.4 Å². The van der Waals surface area contributed by atoms with Gasteiger partial charge in [-0.25, -0.2) is 4.39 Å². The van der Waals surface area contributed by atoms with E-state index in [1.807, 2.05) is 27.7 Å². The van der Waals surface area contributed by atoms with E-state index in [9.17, 15) is 14.0 Å². The van der Waals surface area contributed by atoms with Crippen LogP contribution in [0, 0.1) is 5.82 Å². The van der Waals surface area contributed by atoms with Crippen LogP contribution in [0.3, 0.4) is 0 Å². The molecule has 1 rings (SSSR count). The molecule has 2 amide bonds. The van der Waals surface area contributed by atoms with Gasteiger partial charge in [0.25, 0.3) is 0 Å². The van der Waals surface area contributed by atoms with Crippen molar-refractivity contribution in [2.75, 3.05) is 13.1 Å². The molecule has 0 bridgehead atoms. The first kappa shape index (κ1) is 18.1. The minimum absolute atomic E-state index is 0.0655. The maximum absolute atomic E-state index is 12.8. The lowest BCUT2D eigenvalue weighted by Gasteiger charge is -2.25. The van der Waals surface area contributed by atoms with Gasteiger partial charge in [0.1, 0.15) is 5.82 Å². The first-order valence-corrected chi connectivity index (χ1v) is 7.54. The maximum atomic E-state index is 12.8. The van der Waals surface area contributed by atoms with Gasteiger partial charge in [-0.05, 0) is 51.8 Å². The van der Waals surface area contributed by atoms with Crippen LogP contribution < -0.4 is 5.32 Å². The van der Waals surface area contributed by atoms with Gasteiger partial charge in [0, 0.05) is 18.5 Å². The molecule has 0 aliphatic carbocycles. The molecule has 0 saturated heterocycles. The summed E-state index contributed by atoms with van der Waals surface area (Å²) in [5, 5.41) is 2.84. The van der Waals surface area contributed by atoms with Crippen molar-refractivity contribution in [3.8, 4) is 0 Å². The molecule has 0 heterocycles. The van der Waals surface area contributed by atoms with Crippen LogP contribution in [0.15, 0.2) is 24.3 Å². The van der Waals surface area contributed by atoms with E-state index >= 15 is 0 Å². The average Bonchev–Trinajstić information content (AvgIpc) is 2.42. The molecule has 0 aliphatic rings. The Bertz CT molecular complexity index is 506. The van der Waals surface area contributed by atoms with Gasteiger partial charge >= 0.3 is 0 Å². The van der Waals surface area contributed by atoms with Gasteiger partial charge < -0.3 is 10.2 Å². The van der Waals surface area contributed by atoms with Crippen LogP contribution in [0.2, 0.25) is 0 Å². The lowest BCUT2D eigenvalue weighted by Crippen LogP contribution is -2.47. The number of nitrogens with zero attached hydrogens (tertiary/aromatic N) is 1. The molecule has 122 valence electrons. The SMILES string of the molecule is CCN(CC(=O)NC(C)(C)C)C(=O)CCc1ccc(F)cc1. The normalized spacial score (nSPS) is 11.1. The van der Waals surface area contributed by atoms with Gasteiger partial charge in [-0.15, -0.1) is 0 Å². The lowest BCUT2D eigenvalue weighted by atomic mass is 10.1. The highest BCUT2D eigenvalue weighted by Gasteiger charge is 2.19. The number of carbonyl (C=O) groups excluding carboxylic acids is 2. The van der Waals surface area contributed by atoms with Crippen molar-refractivity contribution >= 4 is 11.8 Å². The third-order valence-corrected chi connectivity index (χ3v) is 3.12. The smallest absolute Gasteiger partial charge is 0.240 e. The molecule has 0 atom stereocenters. The highest BCUT2D eigenvalue weighted by atomic mass is 19.1. The molecule has 0 aromatic heterocycles. The molecule has 0 radical (unpaired) electrons. The number of nitrogens with one attached hydrogen (secondary N) is 1. The number of aryl methyl sites for hydroxylation is 1. The minimum Gasteiger partial charge on any atom is -0.350 e. The molecule has 1 aromatic rings. The van der Waals surface area contributed by atoms with Crippen molar-refractivity contribution in [1.29, 1.82) is 0 Å². The Morgan fingerprint density at radius 3 is 2.27 bits per heavy atom. The molecule has 0 spiro atoms. The summed E-state index contributed by atoms with van der Waals surface area (Å²) in [6, 6.07) is 6.11. The number of hydrogen-bond acceptors (Lipinski definition) is 2. The van der Waals surface area contributed by atoms with E-state index in [2.05, 4.69) is 5.32 Å². The number of halogens is 1.